The first-order valence-electron chi connectivity index (χ1n) is 5.97. The number of nitrogens with zero attached hydrogens (tertiary/aromatic N) is 2. The fraction of sp³-hybridized carbons (Fsp3) is 0.818. The van der Waals surface area contributed by atoms with E-state index in [4.69, 9.17) is 10.3 Å². The van der Waals surface area contributed by atoms with Gasteiger partial charge in [-0.1, -0.05) is 18.5 Å². The van der Waals surface area contributed by atoms with E-state index in [1.165, 1.54) is 12.8 Å². The van der Waals surface area contributed by atoms with Crippen LogP contribution in [0.15, 0.2) is 4.52 Å². The Bertz CT molecular complexity index is 329. The Morgan fingerprint density at radius 2 is 2.38 bits per heavy atom. The lowest BCUT2D eigenvalue weighted by Gasteiger charge is -2.08. The van der Waals surface area contributed by atoms with Crippen LogP contribution in [0.2, 0.25) is 0 Å². The van der Waals surface area contributed by atoms with Crippen LogP contribution >= 0.6 is 11.8 Å². The van der Waals surface area contributed by atoms with Gasteiger partial charge >= 0.3 is 0 Å². The molecule has 0 spiro atoms. The minimum atomic E-state index is 0.205. The van der Waals surface area contributed by atoms with Crippen molar-refractivity contribution in [1.29, 1.82) is 0 Å². The molecule has 1 aliphatic carbocycles. The van der Waals surface area contributed by atoms with Gasteiger partial charge in [0.05, 0.1) is 11.7 Å². The van der Waals surface area contributed by atoms with Crippen LogP contribution in [0.4, 0.5) is 0 Å². The molecule has 5 heteroatoms. The Labute approximate surface area is 100 Å². The van der Waals surface area contributed by atoms with E-state index in [2.05, 4.69) is 17.1 Å². The van der Waals surface area contributed by atoms with Gasteiger partial charge in [-0.2, -0.15) is 16.7 Å². The predicted octanol–water partition coefficient (Wildman–Crippen LogP) is 2.31. The Morgan fingerprint density at radius 3 is 3.06 bits per heavy atom. The summed E-state index contributed by atoms with van der Waals surface area (Å²) in [5, 5.41) is 4.00. The van der Waals surface area contributed by atoms with Crippen molar-refractivity contribution in [2.45, 2.75) is 50.3 Å². The normalized spacial score (nSPS) is 25.1. The molecule has 90 valence electrons. The molecule has 2 atom stereocenters. The largest absolute Gasteiger partial charge is 0.339 e. The molecule has 0 saturated heterocycles. The Balaban J connectivity index is 1.91. The molecule has 1 saturated carbocycles. The summed E-state index contributed by atoms with van der Waals surface area (Å²) in [6.07, 6.45) is 4.52. The molecule has 0 aliphatic heterocycles. The summed E-state index contributed by atoms with van der Waals surface area (Å²) in [6.45, 7) is 2.17. The highest BCUT2D eigenvalue weighted by Crippen LogP contribution is 2.32. The quantitative estimate of drug-likeness (QED) is 0.801. The van der Waals surface area contributed by atoms with Crippen molar-refractivity contribution >= 4 is 11.8 Å². The van der Waals surface area contributed by atoms with Gasteiger partial charge < -0.3 is 10.3 Å². The summed E-state index contributed by atoms with van der Waals surface area (Å²) in [5.74, 6) is 3.84. The summed E-state index contributed by atoms with van der Waals surface area (Å²) in [4.78, 5) is 4.44. The van der Waals surface area contributed by atoms with Gasteiger partial charge in [-0.25, -0.2) is 0 Å². The molecule has 0 radical (unpaired) electrons. The molecule has 0 bridgehead atoms. The van der Waals surface area contributed by atoms with Crippen molar-refractivity contribution in [3.05, 3.63) is 11.7 Å². The Kier molecular flexibility index (Phi) is 4.23. The number of hydrogen-bond donors (Lipinski definition) is 1. The van der Waals surface area contributed by atoms with Crippen LogP contribution in [0.3, 0.4) is 0 Å². The van der Waals surface area contributed by atoms with Crippen LogP contribution in [-0.4, -0.2) is 21.9 Å². The van der Waals surface area contributed by atoms with E-state index in [9.17, 15) is 0 Å². The van der Waals surface area contributed by atoms with Gasteiger partial charge in [0.25, 0.3) is 0 Å². The van der Waals surface area contributed by atoms with Gasteiger partial charge in [0.1, 0.15) is 0 Å². The number of thioether (sulfide) groups is 1. The molecule has 2 N–H and O–H groups in total. The van der Waals surface area contributed by atoms with E-state index in [1.54, 1.807) is 0 Å². The third kappa shape index (κ3) is 2.77. The van der Waals surface area contributed by atoms with Gasteiger partial charge in [0.2, 0.25) is 5.89 Å². The van der Waals surface area contributed by atoms with E-state index < -0.39 is 0 Å². The van der Waals surface area contributed by atoms with Gasteiger partial charge in [-0.05, 0) is 25.0 Å². The lowest BCUT2D eigenvalue weighted by molar-refractivity contribution is 0.342. The van der Waals surface area contributed by atoms with Gasteiger partial charge in [-0.3, -0.25) is 0 Å². The van der Waals surface area contributed by atoms with Crippen LogP contribution in [0, 0.1) is 0 Å². The summed E-state index contributed by atoms with van der Waals surface area (Å²) in [5.41, 5.74) is 6.01. The van der Waals surface area contributed by atoms with Crippen LogP contribution in [0.5, 0.6) is 0 Å². The van der Waals surface area contributed by atoms with Crippen LogP contribution in [-0.2, 0) is 5.75 Å². The molecular formula is C11H19N3OS. The third-order valence-electron chi connectivity index (χ3n) is 2.95. The molecule has 1 aromatic heterocycles. The van der Waals surface area contributed by atoms with E-state index >= 15 is 0 Å². The van der Waals surface area contributed by atoms with Crippen LogP contribution in [0.1, 0.15) is 50.2 Å². The highest BCUT2D eigenvalue weighted by atomic mass is 32.2. The third-order valence-corrected chi connectivity index (χ3v) is 4.11. The maximum absolute atomic E-state index is 6.01. The molecule has 16 heavy (non-hydrogen) atoms. The first kappa shape index (κ1) is 11.9. The monoisotopic (exact) mass is 241 g/mol. The van der Waals surface area contributed by atoms with E-state index in [0.29, 0.717) is 0 Å². The second-order valence-corrected chi connectivity index (χ2v) is 5.41. The maximum atomic E-state index is 6.01. The predicted molar refractivity (Wildman–Crippen MR) is 65.3 cm³/mol. The van der Waals surface area contributed by atoms with Crippen molar-refractivity contribution in [3.63, 3.8) is 0 Å². The van der Waals surface area contributed by atoms with E-state index in [1.807, 2.05) is 11.8 Å². The van der Waals surface area contributed by atoms with Crippen LogP contribution < -0.4 is 5.73 Å². The highest BCUT2D eigenvalue weighted by Gasteiger charge is 2.30. The summed E-state index contributed by atoms with van der Waals surface area (Å²) >= 11 is 1.85. The van der Waals surface area contributed by atoms with E-state index in [0.717, 1.165) is 36.1 Å². The zero-order valence-electron chi connectivity index (χ0n) is 9.69. The zero-order valence-corrected chi connectivity index (χ0v) is 10.5. The molecular weight excluding hydrogens is 222 g/mol. The van der Waals surface area contributed by atoms with Crippen molar-refractivity contribution in [3.8, 4) is 0 Å². The molecule has 0 amide bonds. The Morgan fingerprint density at radius 1 is 1.50 bits per heavy atom. The van der Waals surface area contributed by atoms with Crippen LogP contribution in [0.25, 0.3) is 0 Å². The smallest absolute Gasteiger partial charge is 0.231 e. The topological polar surface area (TPSA) is 64.9 Å². The number of rotatable bonds is 5. The minimum Gasteiger partial charge on any atom is -0.339 e. The van der Waals surface area contributed by atoms with Crippen molar-refractivity contribution in [2.24, 2.45) is 5.73 Å². The molecule has 2 rings (SSSR count). The van der Waals surface area contributed by atoms with E-state index in [-0.39, 0.29) is 12.0 Å². The second kappa shape index (κ2) is 5.68. The number of nitrogens with two attached hydrogens (primary N) is 1. The number of hydrogen-bond acceptors (Lipinski definition) is 5. The fourth-order valence-corrected chi connectivity index (χ4v) is 2.81. The highest BCUT2D eigenvalue weighted by molar-refractivity contribution is 7.98. The van der Waals surface area contributed by atoms with Gasteiger partial charge in [0.15, 0.2) is 5.82 Å². The standard InChI is InChI=1S/C11H19N3OS/c1-2-6-16-7-10-13-11(15-14-10)8-4-3-5-9(8)12/h8-9H,2-7,12H2,1H3. The molecule has 1 heterocycles. The van der Waals surface area contributed by atoms with Crippen molar-refractivity contribution in [1.82, 2.24) is 10.1 Å². The second-order valence-electron chi connectivity index (χ2n) is 4.30. The van der Waals surface area contributed by atoms with Gasteiger partial charge in [-0.15, -0.1) is 0 Å². The molecule has 2 unspecified atom stereocenters. The molecule has 1 aliphatic rings. The summed E-state index contributed by atoms with van der Waals surface area (Å²) in [7, 11) is 0. The number of aromatic nitrogens is 2. The molecule has 4 nitrogen and oxygen atoms in total. The first-order valence-corrected chi connectivity index (χ1v) is 7.12. The minimum absolute atomic E-state index is 0.205. The lowest BCUT2D eigenvalue weighted by Crippen LogP contribution is -2.22. The van der Waals surface area contributed by atoms with Gasteiger partial charge in [0, 0.05) is 6.04 Å². The zero-order chi connectivity index (χ0) is 11.4. The summed E-state index contributed by atoms with van der Waals surface area (Å²) < 4.78 is 5.30. The Hall–Kier alpha value is -0.550. The summed E-state index contributed by atoms with van der Waals surface area (Å²) in [6, 6.07) is 0.205. The first-order chi connectivity index (χ1) is 7.81. The van der Waals surface area contributed by atoms with Crippen molar-refractivity contribution < 1.29 is 4.52 Å². The lowest BCUT2D eigenvalue weighted by atomic mass is 10.1. The molecule has 1 aromatic rings. The molecule has 1 fully saturated rings. The SMILES string of the molecule is CCCSCc1noc(C2CCCC2N)n1. The average molecular weight is 241 g/mol. The maximum Gasteiger partial charge on any atom is 0.231 e. The fourth-order valence-electron chi connectivity index (χ4n) is 2.08. The average Bonchev–Trinajstić information content (AvgIpc) is 2.87. The molecule has 0 aromatic carbocycles. The van der Waals surface area contributed by atoms with Crippen molar-refractivity contribution in [2.75, 3.05) is 5.75 Å².